The molecule has 98 valence electrons. The van der Waals surface area contributed by atoms with Gasteiger partial charge in [-0.1, -0.05) is 0 Å². The van der Waals surface area contributed by atoms with Crippen molar-refractivity contribution in [3.8, 4) is 11.5 Å². The van der Waals surface area contributed by atoms with Crippen molar-refractivity contribution in [1.82, 2.24) is 0 Å². The van der Waals surface area contributed by atoms with Gasteiger partial charge in [0.05, 0.1) is 18.1 Å². The highest BCUT2D eigenvalue weighted by Gasteiger charge is 2.21. The van der Waals surface area contributed by atoms with Gasteiger partial charge in [0.25, 0.3) is 5.69 Å². The van der Waals surface area contributed by atoms with Crippen LogP contribution in [-0.4, -0.2) is 23.0 Å². The number of nitrogens with two attached hydrogens (primary N) is 2. The lowest BCUT2D eigenvalue weighted by Crippen LogP contribution is -2.21. The summed E-state index contributed by atoms with van der Waals surface area (Å²) in [5.74, 6) is -1.09. The molecular weight excluding hydrogens is 242 g/mol. The van der Waals surface area contributed by atoms with Gasteiger partial charge in [-0.05, 0) is 0 Å². The van der Waals surface area contributed by atoms with Crippen LogP contribution in [0.2, 0.25) is 0 Å². The van der Waals surface area contributed by atoms with E-state index in [4.69, 9.17) is 16.2 Å². The van der Waals surface area contributed by atoms with Gasteiger partial charge in [0.2, 0.25) is 5.91 Å². The molecule has 5 N–H and O–H groups in total. The molecule has 0 heterocycles. The SMILES string of the molecule is COc1cc([N+](=O)[O-])cc(C(N)CC(N)=O)c1O. The van der Waals surface area contributed by atoms with Crippen LogP contribution in [0.4, 0.5) is 5.69 Å². The first-order valence-corrected chi connectivity index (χ1v) is 4.96. The topological polar surface area (TPSA) is 142 Å². The maximum atomic E-state index is 10.8. The zero-order valence-corrected chi connectivity index (χ0v) is 9.62. The Bertz CT molecular complexity index is 489. The van der Waals surface area contributed by atoms with Crippen molar-refractivity contribution in [1.29, 1.82) is 0 Å². The van der Waals surface area contributed by atoms with Crippen molar-refractivity contribution in [2.24, 2.45) is 11.5 Å². The Labute approximate surface area is 102 Å². The average Bonchev–Trinajstić information content (AvgIpc) is 2.27. The van der Waals surface area contributed by atoms with Crippen molar-refractivity contribution < 1.29 is 19.6 Å². The molecule has 0 aromatic heterocycles. The van der Waals surface area contributed by atoms with Gasteiger partial charge in [-0.2, -0.15) is 0 Å². The number of benzene rings is 1. The molecule has 1 rings (SSSR count). The van der Waals surface area contributed by atoms with Crippen LogP contribution in [0.1, 0.15) is 18.0 Å². The summed E-state index contributed by atoms with van der Waals surface area (Å²) in [4.78, 5) is 20.8. The van der Waals surface area contributed by atoms with Gasteiger partial charge in [-0.15, -0.1) is 0 Å². The second kappa shape index (κ2) is 5.32. The standard InChI is InChI=1S/C10H13N3O5/c1-18-8-3-5(13(16)17)2-6(10(8)15)7(11)4-9(12)14/h2-3,7,15H,4,11H2,1H3,(H2,12,14). The molecule has 1 aromatic carbocycles. The van der Waals surface area contributed by atoms with Gasteiger partial charge < -0.3 is 21.3 Å². The van der Waals surface area contributed by atoms with Crippen molar-refractivity contribution in [3.05, 3.63) is 27.8 Å². The van der Waals surface area contributed by atoms with Crippen LogP contribution in [0.5, 0.6) is 11.5 Å². The number of amides is 1. The number of ether oxygens (including phenoxy) is 1. The smallest absolute Gasteiger partial charge is 0.273 e. The summed E-state index contributed by atoms with van der Waals surface area (Å²) in [7, 11) is 1.25. The van der Waals surface area contributed by atoms with Crippen molar-refractivity contribution >= 4 is 11.6 Å². The summed E-state index contributed by atoms with van der Waals surface area (Å²) in [6.07, 6.45) is -0.238. The van der Waals surface area contributed by atoms with E-state index >= 15 is 0 Å². The van der Waals surface area contributed by atoms with Gasteiger partial charge >= 0.3 is 0 Å². The predicted molar refractivity (Wildman–Crippen MR) is 62.1 cm³/mol. The van der Waals surface area contributed by atoms with Crippen LogP contribution in [0, 0.1) is 10.1 Å². The predicted octanol–water partition coefficient (Wildman–Crippen LogP) is 0.184. The quantitative estimate of drug-likeness (QED) is 0.506. The van der Waals surface area contributed by atoms with E-state index in [9.17, 15) is 20.0 Å². The Balaban J connectivity index is 3.28. The van der Waals surface area contributed by atoms with E-state index in [1.807, 2.05) is 0 Å². The summed E-state index contributed by atoms with van der Waals surface area (Å²) < 4.78 is 4.81. The number of carbonyl (C=O) groups excluding carboxylic acids is 1. The minimum absolute atomic E-state index is 0.0415. The second-order valence-electron chi connectivity index (χ2n) is 3.62. The maximum Gasteiger partial charge on any atom is 0.273 e. The minimum Gasteiger partial charge on any atom is -0.504 e. The summed E-state index contributed by atoms with van der Waals surface area (Å²) in [5.41, 5.74) is 10.4. The fourth-order valence-corrected chi connectivity index (χ4v) is 1.48. The number of rotatable bonds is 5. The van der Waals surface area contributed by atoms with E-state index in [2.05, 4.69) is 0 Å². The zero-order valence-electron chi connectivity index (χ0n) is 9.62. The van der Waals surface area contributed by atoms with Gasteiger partial charge in [-0.3, -0.25) is 14.9 Å². The molecule has 0 aliphatic rings. The fourth-order valence-electron chi connectivity index (χ4n) is 1.48. The lowest BCUT2D eigenvalue weighted by molar-refractivity contribution is -0.385. The molecule has 0 fully saturated rings. The van der Waals surface area contributed by atoms with Crippen LogP contribution in [0.25, 0.3) is 0 Å². The summed E-state index contributed by atoms with van der Waals surface area (Å²) in [6.45, 7) is 0. The number of hydrogen-bond acceptors (Lipinski definition) is 6. The van der Waals surface area contributed by atoms with E-state index in [0.717, 1.165) is 12.1 Å². The number of methoxy groups -OCH3 is 1. The molecule has 1 unspecified atom stereocenters. The summed E-state index contributed by atoms with van der Waals surface area (Å²) in [5, 5.41) is 20.5. The number of phenols is 1. The van der Waals surface area contributed by atoms with E-state index < -0.39 is 16.9 Å². The molecule has 0 aliphatic carbocycles. The van der Waals surface area contributed by atoms with E-state index in [-0.39, 0.29) is 29.2 Å². The Kier molecular flexibility index (Phi) is 4.05. The molecule has 8 heteroatoms. The molecule has 0 radical (unpaired) electrons. The molecule has 0 spiro atoms. The molecule has 1 amide bonds. The third-order valence-corrected chi connectivity index (χ3v) is 2.34. The summed E-state index contributed by atoms with van der Waals surface area (Å²) >= 11 is 0. The number of primary amides is 1. The monoisotopic (exact) mass is 255 g/mol. The minimum atomic E-state index is -0.934. The summed E-state index contributed by atoms with van der Waals surface area (Å²) in [6, 6.07) is 1.22. The van der Waals surface area contributed by atoms with Gasteiger partial charge in [-0.25, -0.2) is 0 Å². The lowest BCUT2D eigenvalue weighted by atomic mass is 10.0. The highest BCUT2D eigenvalue weighted by molar-refractivity contribution is 5.75. The van der Waals surface area contributed by atoms with E-state index in [1.54, 1.807) is 0 Å². The van der Waals surface area contributed by atoms with Crippen LogP contribution in [0.3, 0.4) is 0 Å². The van der Waals surface area contributed by atoms with Crippen molar-refractivity contribution in [3.63, 3.8) is 0 Å². The van der Waals surface area contributed by atoms with Gasteiger partial charge in [0, 0.05) is 24.1 Å². The first-order valence-electron chi connectivity index (χ1n) is 4.96. The Morgan fingerprint density at radius 3 is 2.67 bits per heavy atom. The van der Waals surface area contributed by atoms with Crippen LogP contribution >= 0.6 is 0 Å². The number of phenolic OH excluding ortho intramolecular Hbond substituents is 1. The Morgan fingerprint density at radius 1 is 1.61 bits per heavy atom. The molecule has 18 heavy (non-hydrogen) atoms. The first-order chi connectivity index (χ1) is 8.36. The molecule has 0 aliphatic heterocycles. The van der Waals surface area contributed by atoms with Gasteiger partial charge in [0.1, 0.15) is 0 Å². The number of aromatic hydroxyl groups is 1. The number of nitrogens with zero attached hydrogens (tertiary/aromatic N) is 1. The zero-order chi connectivity index (χ0) is 13.9. The molecule has 8 nitrogen and oxygen atoms in total. The third kappa shape index (κ3) is 2.86. The van der Waals surface area contributed by atoms with Crippen molar-refractivity contribution in [2.45, 2.75) is 12.5 Å². The molecular formula is C10H13N3O5. The number of nitro groups is 1. The fraction of sp³-hybridized carbons (Fsp3) is 0.300. The van der Waals surface area contributed by atoms with E-state index in [1.165, 1.54) is 7.11 Å². The Hall–Kier alpha value is -2.35. The average molecular weight is 255 g/mol. The Morgan fingerprint density at radius 2 is 2.22 bits per heavy atom. The lowest BCUT2D eigenvalue weighted by Gasteiger charge is -2.14. The number of non-ortho nitro benzene ring substituents is 1. The molecule has 0 saturated carbocycles. The third-order valence-electron chi connectivity index (χ3n) is 2.34. The van der Waals surface area contributed by atoms with Crippen LogP contribution < -0.4 is 16.2 Å². The maximum absolute atomic E-state index is 10.8. The molecule has 0 saturated heterocycles. The van der Waals surface area contributed by atoms with Crippen LogP contribution in [-0.2, 0) is 4.79 Å². The van der Waals surface area contributed by atoms with Crippen LogP contribution in [0.15, 0.2) is 12.1 Å². The molecule has 1 atom stereocenters. The van der Waals surface area contributed by atoms with Gasteiger partial charge in [0.15, 0.2) is 11.5 Å². The molecule has 1 aromatic rings. The number of nitro benzene ring substituents is 1. The number of carbonyl (C=O) groups is 1. The van der Waals surface area contributed by atoms with E-state index in [0.29, 0.717) is 0 Å². The molecule has 0 bridgehead atoms. The first kappa shape index (κ1) is 13.7. The highest BCUT2D eigenvalue weighted by atomic mass is 16.6. The second-order valence-corrected chi connectivity index (χ2v) is 3.62. The van der Waals surface area contributed by atoms with Crippen molar-refractivity contribution in [2.75, 3.05) is 7.11 Å². The largest absolute Gasteiger partial charge is 0.504 e. The normalized spacial score (nSPS) is 11.9. The highest BCUT2D eigenvalue weighted by Crippen LogP contribution is 2.37. The number of hydrogen-bond donors (Lipinski definition) is 3.